The standard InChI is InChI=1S/C7H13NS/c1-3-6(5-8)7(9)4-2/h3-4,9H,5,8H2,1-2H3/b6-3-,7-4+. The Labute approximate surface area is 62.0 Å². The number of nitrogens with two attached hydrogens (primary N) is 1. The maximum Gasteiger partial charge on any atom is 0.0185 e. The molecule has 0 saturated carbocycles. The predicted octanol–water partition coefficient (Wildman–Crippen LogP) is 1.73. The Bertz CT molecular complexity index is 136. The molecule has 2 N–H and O–H groups in total. The van der Waals surface area contributed by atoms with Crippen LogP contribution in [-0.4, -0.2) is 6.54 Å². The highest BCUT2D eigenvalue weighted by molar-refractivity contribution is 7.84. The Morgan fingerprint density at radius 1 is 1.44 bits per heavy atom. The van der Waals surface area contributed by atoms with Crippen molar-refractivity contribution in [2.75, 3.05) is 6.54 Å². The average molecular weight is 143 g/mol. The van der Waals surface area contributed by atoms with E-state index in [2.05, 4.69) is 12.6 Å². The molecular weight excluding hydrogens is 130 g/mol. The van der Waals surface area contributed by atoms with Crippen LogP contribution >= 0.6 is 12.6 Å². The molecule has 2 heteroatoms. The van der Waals surface area contributed by atoms with Gasteiger partial charge in [0.2, 0.25) is 0 Å². The van der Waals surface area contributed by atoms with Gasteiger partial charge in [-0.3, -0.25) is 0 Å². The van der Waals surface area contributed by atoms with E-state index in [0.717, 1.165) is 10.5 Å². The zero-order valence-electron chi connectivity index (χ0n) is 5.89. The minimum absolute atomic E-state index is 0.569. The van der Waals surface area contributed by atoms with Gasteiger partial charge in [-0.1, -0.05) is 12.2 Å². The Balaban J connectivity index is 4.14. The Kier molecular flexibility index (Phi) is 4.54. The van der Waals surface area contributed by atoms with E-state index < -0.39 is 0 Å². The van der Waals surface area contributed by atoms with Crippen molar-refractivity contribution in [3.63, 3.8) is 0 Å². The van der Waals surface area contributed by atoms with E-state index in [1.807, 2.05) is 26.0 Å². The van der Waals surface area contributed by atoms with Crippen molar-refractivity contribution in [1.29, 1.82) is 0 Å². The van der Waals surface area contributed by atoms with Gasteiger partial charge >= 0.3 is 0 Å². The fraction of sp³-hybridized carbons (Fsp3) is 0.429. The van der Waals surface area contributed by atoms with Gasteiger partial charge in [-0.25, -0.2) is 0 Å². The molecule has 0 radical (unpaired) electrons. The first-order valence-electron chi connectivity index (χ1n) is 2.97. The quantitative estimate of drug-likeness (QED) is 0.447. The van der Waals surface area contributed by atoms with Gasteiger partial charge < -0.3 is 5.73 Å². The van der Waals surface area contributed by atoms with Gasteiger partial charge in [-0.05, 0) is 19.4 Å². The van der Waals surface area contributed by atoms with E-state index in [0.29, 0.717) is 6.54 Å². The first-order chi connectivity index (χ1) is 4.26. The summed E-state index contributed by atoms with van der Waals surface area (Å²) in [5, 5.41) is 0. The van der Waals surface area contributed by atoms with Crippen molar-refractivity contribution in [3.8, 4) is 0 Å². The van der Waals surface area contributed by atoms with Gasteiger partial charge in [0.05, 0.1) is 0 Å². The zero-order valence-corrected chi connectivity index (χ0v) is 6.78. The summed E-state index contributed by atoms with van der Waals surface area (Å²) in [7, 11) is 0. The largest absolute Gasteiger partial charge is 0.326 e. The summed E-state index contributed by atoms with van der Waals surface area (Å²) in [4.78, 5) is 0.972. The predicted molar refractivity (Wildman–Crippen MR) is 45.6 cm³/mol. The minimum Gasteiger partial charge on any atom is -0.326 e. The second-order valence-corrected chi connectivity index (χ2v) is 2.17. The summed E-state index contributed by atoms with van der Waals surface area (Å²) >= 11 is 4.20. The lowest BCUT2D eigenvalue weighted by atomic mass is 10.2. The Morgan fingerprint density at radius 3 is 2.11 bits per heavy atom. The number of hydrogen-bond acceptors (Lipinski definition) is 2. The summed E-state index contributed by atoms with van der Waals surface area (Å²) in [6, 6.07) is 0. The molecule has 0 aromatic carbocycles. The van der Waals surface area contributed by atoms with Crippen molar-refractivity contribution < 1.29 is 0 Å². The average Bonchev–Trinajstić information content (AvgIpc) is 1.90. The summed E-state index contributed by atoms with van der Waals surface area (Å²) < 4.78 is 0. The van der Waals surface area contributed by atoms with Crippen molar-refractivity contribution in [2.24, 2.45) is 5.73 Å². The van der Waals surface area contributed by atoms with Gasteiger partial charge in [0.1, 0.15) is 0 Å². The van der Waals surface area contributed by atoms with Crippen molar-refractivity contribution in [2.45, 2.75) is 13.8 Å². The van der Waals surface area contributed by atoms with Crippen molar-refractivity contribution >= 4 is 12.6 Å². The molecule has 0 atom stereocenters. The van der Waals surface area contributed by atoms with Crippen LogP contribution in [0.25, 0.3) is 0 Å². The van der Waals surface area contributed by atoms with E-state index >= 15 is 0 Å². The lowest BCUT2D eigenvalue weighted by Gasteiger charge is -1.99. The van der Waals surface area contributed by atoms with Crippen LogP contribution in [0.15, 0.2) is 22.6 Å². The topological polar surface area (TPSA) is 26.0 Å². The van der Waals surface area contributed by atoms with Gasteiger partial charge in [0.25, 0.3) is 0 Å². The first kappa shape index (κ1) is 8.79. The van der Waals surface area contributed by atoms with E-state index in [1.54, 1.807) is 0 Å². The molecule has 0 rings (SSSR count). The van der Waals surface area contributed by atoms with Crippen LogP contribution in [0.1, 0.15) is 13.8 Å². The molecule has 0 saturated heterocycles. The van der Waals surface area contributed by atoms with E-state index in [4.69, 9.17) is 5.73 Å². The smallest absolute Gasteiger partial charge is 0.0185 e. The van der Waals surface area contributed by atoms with Crippen LogP contribution in [0.5, 0.6) is 0 Å². The fourth-order valence-corrected chi connectivity index (χ4v) is 0.776. The van der Waals surface area contributed by atoms with Gasteiger partial charge in [0, 0.05) is 11.4 Å². The molecule has 0 aromatic heterocycles. The second-order valence-electron chi connectivity index (χ2n) is 1.69. The summed E-state index contributed by atoms with van der Waals surface area (Å²) in [6.07, 6.45) is 3.91. The van der Waals surface area contributed by atoms with Gasteiger partial charge in [-0.2, -0.15) is 0 Å². The van der Waals surface area contributed by atoms with Crippen LogP contribution in [0, 0.1) is 0 Å². The molecule has 0 fully saturated rings. The molecule has 52 valence electrons. The summed E-state index contributed by atoms with van der Waals surface area (Å²) in [5.74, 6) is 0. The Morgan fingerprint density at radius 2 is 2.00 bits per heavy atom. The van der Waals surface area contributed by atoms with E-state index in [1.165, 1.54) is 0 Å². The van der Waals surface area contributed by atoms with Crippen LogP contribution in [-0.2, 0) is 0 Å². The van der Waals surface area contributed by atoms with Gasteiger partial charge in [0.15, 0.2) is 0 Å². The molecule has 0 heterocycles. The molecular formula is C7H13NS. The monoisotopic (exact) mass is 143 g/mol. The normalized spacial score (nSPS) is 14.2. The fourth-order valence-electron chi connectivity index (χ4n) is 0.556. The lowest BCUT2D eigenvalue weighted by molar-refractivity contribution is 1.17. The third-order valence-corrected chi connectivity index (χ3v) is 1.72. The molecule has 0 amide bonds. The summed E-state index contributed by atoms with van der Waals surface area (Å²) in [5.41, 5.74) is 6.50. The molecule has 0 aliphatic carbocycles. The number of hydrogen-bond donors (Lipinski definition) is 2. The lowest BCUT2D eigenvalue weighted by Crippen LogP contribution is -2.02. The molecule has 0 unspecified atom stereocenters. The number of thiol groups is 1. The zero-order chi connectivity index (χ0) is 7.28. The molecule has 9 heavy (non-hydrogen) atoms. The molecule has 0 aliphatic heterocycles. The number of rotatable bonds is 2. The second kappa shape index (κ2) is 4.65. The molecule has 0 aromatic rings. The Hall–Kier alpha value is -0.210. The van der Waals surface area contributed by atoms with Crippen LogP contribution in [0.4, 0.5) is 0 Å². The maximum atomic E-state index is 5.40. The van der Waals surface area contributed by atoms with Gasteiger partial charge in [-0.15, -0.1) is 12.6 Å². The molecule has 0 bridgehead atoms. The van der Waals surface area contributed by atoms with Crippen molar-refractivity contribution in [1.82, 2.24) is 0 Å². The molecule has 0 aliphatic rings. The minimum atomic E-state index is 0.569. The number of allylic oxidation sites excluding steroid dienone is 2. The SMILES string of the molecule is C/C=C(CN)\C(S)=C/C. The van der Waals surface area contributed by atoms with E-state index in [-0.39, 0.29) is 0 Å². The highest BCUT2D eigenvalue weighted by atomic mass is 32.1. The van der Waals surface area contributed by atoms with Crippen LogP contribution in [0.3, 0.4) is 0 Å². The highest BCUT2D eigenvalue weighted by Crippen LogP contribution is 2.11. The molecule has 1 nitrogen and oxygen atoms in total. The maximum absolute atomic E-state index is 5.40. The summed E-state index contributed by atoms with van der Waals surface area (Å²) in [6.45, 7) is 4.48. The highest BCUT2D eigenvalue weighted by Gasteiger charge is 1.92. The van der Waals surface area contributed by atoms with E-state index in [9.17, 15) is 0 Å². The van der Waals surface area contributed by atoms with Crippen LogP contribution in [0.2, 0.25) is 0 Å². The van der Waals surface area contributed by atoms with Crippen LogP contribution < -0.4 is 5.73 Å². The molecule has 0 spiro atoms. The third-order valence-electron chi connectivity index (χ3n) is 1.17. The first-order valence-corrected chi connectivity index (χ1v) is 3.41. The third kappa shape index (κ3) is 2.72. The van der Waals surface area contributed by atoms with Crippen molar-refractivity contribution in [3.05, 3.63) is 22.6 Å².